The fraction of sp³-hybridized carbons (Fsp3) is 0.133. The van der Waals surface area contributed by atoms with Crippen LogP contribution in [0.15, 0.2) is 42.7 Å². The Morgan fingerprint density at radius 3 is 2.45 bits per heavy atom. The molecule has 5 heteroatoms. The van der Waals surface area contributed by atoms with Gasteiger partial charge >= 0.3 is 0 Å². The third kappa shape index (κ3) is 2.30. The molecule has 3 aromatic rings. The molecule has 0 atom stereocenters. The molecule has 100 valence electrons. The standard InChI is InChI=1S/C15H13ClN4/c1-10-13(11-6-4-3-5-7-11)18-15(19-14(10)16)12-8-17-20(2)9-12/h3-9H,1-2H3. The van der Waals surface area contributed by atoms with Crippen LogP contribution in [-0.4, -0.2) is 19.7 Å². The zero-order chi connectivity index (χ0) is 14.1. The molecule has 0 aliphatic heterocycles. The number of halogens is 1. The average molecular weight is 285 g/mol. The summed E-state index contributed by atoms with van der Waals surface area (Å²) >= 11 is 6.25. The predicted octanol–water partition coefficient (Wildman–Crippen LogP) is 3.51. The van der Waals surface area contributed by atoms with Crippen molar-refractivity contribution in [3.05, 3.63) is 53.4 Å². The molecule has 4 nitrogen and oxygen atoms in total. The maximum Gasteiger partial charge on any atom is 0.164 e. The van der Waals surface area contributed by atoms with E-state index in [9.17, 15) is 0 Å². The van der Waals surface area contributed by atoms with Crippen molar-refractivity contribution in [2.24, 2.45) is 7.05 Å². The van der Waals surface area contributed by atoms with Crippen molar-refractivity contribution in [2.75, 3.05) is 0 Å². The van der Waals surface area contributed by atoms with E-state index in [1.807, 2.05) is 50.5 Å². The Labute approximate surface area is 122 Å². The van der Waals surface area contributed by atoms with Gasteiger partial charge in [0, 0.05) is 24.4 Å². The third-order valence-corrected chi connectivity index (χ3v) is 3.46. The summed E-state index contributed by atoms with van der Waals surface area (Å²) in [6, 6.07) is 9.96. The van der Waals surface area contributed by atoms with Crippen molar-refractivity contribution in [1.29, 1.82) is 0 Å². The lowest BCUT2D eigenvalue weighted by Gasteiger charge is -2.08. The van der Waals surface area contributed by atoms with E-state index in [1.165, 1.54) is 0 Å². The van der Waals surface area contributed by atoms with Crippen LogP contribution in [-0.2, 0) is 7.05 Å². The van der Waals surface area contributed by atoms with Crippen LogP contribution in [0.25, 0.3) is 22.6 Å². The molecule has 2 heterocycles. The van der Waals surface area contributed by atoms with Crippen molar-refractivity contribution < 1.29 is 0 Å². The number of nitrogens with zero attached hydrogens (tertiary/aromatic N) is 4. The lowest BCUT2D eigenvalue weighted by Crippen LogP contribution is -1.96. The van der Waals surface area contributed by atoms with Crippen LogP contribution in [0.2, 0.25) is 5.15 Å². The molecule has 0 unspecified atom stereocenters. The van der Waals surface area contributed by atoms with Crippen LogP contribution in [0.1, 0.15) is 5.56 Å². The van der Waals surface area contributed by atoms with E-state index in [4.69, 9.17) is 11.6 Å². The topological polar surface area (TPSA) is 43.6 Å². The van der Waals surface area contributed by atoms with E-state index in [0.29, 0.717) is 11.0 Å². The number of aromatic nitrogens is 4. The number of hydrogen-bond donors (Lipinski definition) is 0. The zero-order valence-corrected chi connectivity index (χ0v) is 12.0. The number of hydrogen-bond acceptors (Lipinski definition) is 3. The fourth-order valence-corrected chi connectivity index (χ4v) is 2.20. The molecule has 0 aliphatic carbocycles. The Kier molecular flexibility index (Phi) is 3.24. The fourth-order valence-electron chi connectivity index (χ4n) is 2.03. The van der Waals surface area contributed by atoms with Crippen molar-refractivity contribution in [3.8, 4) is 22.6 Å². The second kappa shape index (κ2) is 5.06. The highest BCUT2D eigenvalue weighted by Crippen LogP contribution is 2.28. The first kappa shape index (κ1) is 12.8. The average Bonchev–Trinajstić information content (AvgIpc) is 2.89. The summed E-state index contributed by atoms with van der Waals surface area (Å²) in [7, 11) is 1.86. The first-order valence-electron chi connectivity index (χ1n) is 6.24. The largest absolute Gasteiger partial charge is 0.275 e. The van der Waals surface area contributed by atoms with Crippen molar-refractivity contribution in [1.82, 2.24) is 19.7 Å². The number of benzene rings is 1. The van der Waals surface area contributed by atoms with Crippen LogP contribution in [0.3, 0.4) is 0 Å². The molecule has 20 heavy (non-hydrogen) atoms. The van der Waals surface area contributed by atoms with Gasteiger partial charge in [-0.2, -0.15) is 5.10 Å². The summed E-state index contributed by atoms with van der Waals surface area (Å²) < 4.78 is 1.72. The molecule has 3 rings (SSSR count). The minimum atomic E-state index is 0.470. The van der Waals surface area contributed by atoms with Gasteiger partial charge in [0.1, 0.15) is 5.15 Å². The van der Waals surface area contributed by atoms with E-state index in [0.717, 1.165) is 22.4 Å². The van der Waals surface area contributed by atoms with Gasteiger partial charge in [0.25, 0.3) is 0 Å². The van der Waals surface area contributed by atoms with Crippen molar-refractivity contribution >= 4 is 11.6 Å². The van der Waals surface area contributed by atoms with Crippen molar-refractivity contribution in [3.63, 3.8) is 0 Å². The summed E-state index contributed by atoms with van der Waals surface area (Å²) in [5, 5.41) is 4.61. The summed E-state index contributed by atoms with van der Waals surface area (Å²) in [6.07, 6.45) is 3.60. The van der Waals surface area contributed by atoms with Crippen molar-refractivity contribution in [2.45, 2.75) is 6.92 Å². The minimum Gasteiger partial charge on any atom is -0.275 e. The van der Waals surface area contributed by atoms with Crippen LogP contribution < -0.4 is 0 Å². The van der Waals surface area contributed by atoms with Crippen LogP contribution in [0, 0.1) is 6.92 Å². The van der Waals surface area contributed by atoms with E-state index in [1.54, 1.807) is 10.9 Å². The highest BCUT2D eigenvalue weighted by molar-refractivity contribution is 6.30. The first-order chi connectivity index (χ1) is 9.65. The molecule has 0 spiro atoms. The monoisotopic (exact) mass is 284 g/mol. The van der Waals surface area contributed by atoms with Gasteiger partial charge in [0.15, 0.2) is 5.82 Å². The Bertz CT molecular complexity index is 750. The van der Waals surface area contributed by atoms with E-state index in [2.05, 4.69) is 15.1 Å². The SMILES string of the molecule is Cc1c(Cl)nc(-c2cnn(C)c2)nc1-c1ccccc1. The van der Waals surface area contributed by atoms with E-state index < -0.39 is 0 Å². The molecule has 0 fully saturated rings. The Morgan fingerprint density at radius 1 is 1.05 bits per heavy atom. The Morgan fingerprint density at radius 2 is 1.80 bits per heavy atom. The zero-order valence-electron chi connectivity index (χ0n) is 11.2. The van der Waals surface area contributed by atoms with Gasteiger partial charge in [-0.1, -0.05) is 41.9 Å². The maximum atomic E-state index is 6.25. The molecule has 0 aliphatic rings. The first-order valence-corrected chi connectivity index (χ1v) is 6.61. The van der Waals surface area contributed by atoms with Gasteiger partial charge in [0.2, 0.25) is 0 Å². The smallest absolute Gasteiger partial charge is 0.164 e. The molecule has 2 aromatic heterocycles. The lowest BCUT2D eigenvalue weighted by molar-refractivity contribution is 0.768. The van der Waals surface area contributed by atoms with Crippen LogP contribution in [0.5, 0.6) is 0 Å². The van der Waals surface area contributed by atoms with Gasteiger partial charge in [-0.05, 0) is 6.92 Å². The third-order valence-electron chi connectivity index (χ3n) is 3.10. The normalized spacial score (nSPS) is 10.8. The summed E-state index contributed by atoms with van der Waals surface area (Å²) in [6.45, 7) is 1.93. The van der Waals surface area contributed by atoms with Gasteiger partial charge in [0.05, 0.1) is 17.5 Å². The van der Waals surface area contributed by atoms with Gasteiger partial charge in [-0.3, -0.25) is 4.68 Å². The lowest BCUT2D eigenvalue weighted by atomic mass is 10.1. The van der Waals surface area contributed by atoms with E-state index in [-0.39, 0.29) is 0 Å². The molecule has 1 aromatic carbocycles. The minimum absolute atomic E-state index is 0.470. The molecule has 0 saturated heterocycles. The second-order valence-corrected chi connectivity index (χ2v) is 4.94. The summed E-state index contributed by atoms with van der Waals surface area (Å²) in [5.74, 6) is 0.590. The Hall–Kier alpha value is -2.20. The number of aryl methyl sites for hydroxylation is 1. The second-order valence-electron chi connectivity index (χ2n) is 4.58. The highest BCUT2D eigenvalue weighted by atomic mass is 35.5. The summed E-state index contributed by atoms with van der Waals surface area (Å²) in [5.41, 5.74) is 3.61. The molecule has 0 N–H and O–H groups in total. The van der Waals surface area contributed by atoms with Gasteiger partial charge in [-0.25, -0.2) is 9.97 Å². The quantitative estimate of drug-likeness (QED) is 0.677. The predicted molar refractivity (Wildman–Crippen MR) is 79.4 cm³/mol. The molecule has 0 saturated carbocycles. The van der Waals surface area contributed by atoms with E-state index >= 15 is 0 Å². The summed E-state index contributed by atoms with van der Waals surface area (Å²) in [4.78, 5) is 8.98. The highest BCUT2D eigenvalue weighted by Gasteiger charge is 2.13. The van der Waals surface area contributed by atoms with Crippen LogP contribution >= 0.6 is 11.6 Å². The van der Waals surface area contributed by atoms with Gasteiger partial charge < -0.3 is 0 Å². The van der Waals surface area contributed by atoms with Gasteiger partial charge in [-0.15, -0.1) is 0 Å². The number of rotatable bonds is 2. The molecular weight excluding hydrogens is 272 g/mol. The molecule has 0 radical (unpaired) electrons. The molecular formula is C15H13ClN4. The van der Waals surface area contributed by atoms with Crippen LogP contribution in [0.4, 0.5) is 0 Å². The molecule has 0 bridgehead atoms. The maximum absolute atomic E-state index is 6.25. The molecule has 0 amide bonds. The Balaban J connectivity index is 2.18.